The van der Waals surface area contributed by atoms with Crippen molar-refractivity contribution in [3.63, 3.8) is 0 Å². The Morgan fingerprint density at radius 2 is 1.95 bits per heavy atom. The number of hydrogen-bond donors (Lipinski definition) is 1. The fourth-order valence-electron chi connectivity index (χ4n) is 4.64. The monoisotopic (exact) mass is 565 g/mol. The largest absolute Gasteiger partial charge is 0.500 e. The Morgan fingerprint density at radius 1 is 1.25 bits per heavy atom. The van der Waals surface area contributed by atoms with E-state index in [4.69, 9.17) is 14.5 Å². The predicted octanol–water partition coefficient (Wildman–Crippen LogP) is 4.32. The number of benzene rings is 2. The first-order valence-corrected chi connectivity index (χ1v) is 13.8. The van der Waals surface area contributed by atoms with Crippen LogP contribution in [0.5, 0.6) is 11.5 Å². The number of esters is 1. The van der Waals surface area contributed by atoms with E-state index in [0.29, 0.717) is 34.0 Å². The van der Waals surface area contributed by atoms with Crippen molar-refractivity contribution in [2.24, 2.45) is 4.99 Å². The summed E-state index contributed by atoms with van der Waals surface area (Å²) >= 11 is 1.12. The second kappa shape index (κ2) is 11.9. The van der Waals surface area contributed by atoms with Crippen molar-refractivity contribution in [2.75, 3.05) is 13.7 Å². The number of phenolic OH excluding ortho intramolecular Hbond substituents is 1. The van der Waals surface area contributed by atoms with Crippen LogP contribution in [0.4, 0.5) is 5.69 Å². The van der Waals surface area contributed by atoms with Gasteiger partial charge in [-0.2, -0.15) is 0 Å². The Labute approximate surface area is 234 Å². The third-order valence-electron chi connectivity index (χ3n) is 6.60. The van der Waals surface area contributed by atoms with E-state index in [-0.39, 0.29) is 16.9 Å². The van der Waals surface area contributed by atoms with Crippen LogP contribution in [0.15, 0.2) is 57.5 Å². The number of aromatic hydroxyl groups is 1. The fourth-order valence-corrected chi connectivity index (χ4v) is 5.66. The number of nitrogens with zero attached hydrogens (tertiary/aromatic N) is 3. The Bertz CT molecular complexity index is 1670. The summed E-state index contributed by atoms with van der Waals surface area (Å²) in [5.41, 5.74) is 2.09. The van der Waals surface area contributed by atoms with Gasteiger partial charge in [0.15, 0.2) is 10.6 Å². The Balaban J connectivity index is 1.99. The first-order chi connectivity index (χ1) is 19.1. The third-order valence-corrected chi connectivity index (χ3v) is 7.59. The highest BCUT2D eigenvalue weighted by molar-refractivity contribution is 7.07. The number of methoxy groups -OCH3 is 1. The minimum absolute atomic E-state index is 0.0915. The molecule has 1 aromatic heterocycles. The Morgan fingerprint density at radius 3 is 2.52 bits per heavy atom. The number of rotatable bonds is 9. The number of nitro benzene ring substituents is 1. The van der Waals surface area contributed by atoms with Gasteiger partial charge in [0.05, 0.1) is 40.5 Å². The van der Waals surface area contributed by atoms with Gasteiger partial charge in [0, 0.05) is 6.07 Å². The van der Waals surface area contributed by atoms with Crippen LogP contribution in [0, 0.1) is 10.1 Å². The van der Waals surface area contributed by atoms with Crippen molar-refractivity contribution in [3.05, 3.63) is 94.2 Å². The van der Waals surface area contributed by atoms with Crippen LogP contribution < -0.4 is 19.6 Å². The summed E-state index contributed by atoms with van der Waals surface area (Å²) in [6, 6.07) is 9.63. The molecule has 2 aromatic carbocycles. The Hall–Kier alpha value is -4.25. The SMILES string of the molecule is CCCC1=C(C(=O)OCC)[C@H](c2ccc(C(C)C)cc2)n2c(s/c(=C\c3cc(OC)c(O)c([N+](=O)[O-])c3)c2=O)=N1. The molecule has 3 aromatic rings. The lowest BCUT2D eigenvalue weighted by Crippen LogP contribution is -2.40. The molecule has 0 unspecified atom stereocenters. The van der Waals surface area contributed by atoms with Crippen molar-refractivity contribution in [1.82, 2.24) is 4.57 Å². The van der Waals surface area contributed by atoms with Gasteiger partial charge in [-0.15, -0.1) is 0 Å². The number of thiazole rings is 1. The molecule has 0 amide bonds. The topological polar surface area (TPSA) is 133 Å². The number of fused-ring (bicyclic) bond motifs is 1. The highest BCUT2D eigenvalue weighted by Gasteiger charge is 2.34. The highest BCUT2D eigenvalue weighted by atomic mass is 32.1. The number of ether oxygens (including phenoxy) is 2. The lowest BCUT2D eigenvalue weighted by atomic mass is 9.92. The average molecular weight is 566 g/mol. The van der Waals surface area contributed by atoms with E-state index in [2.05, 4.69) is 13.8 Å². The van der Waals surface area contributed by atoms with Crippen LogP contribution in [0.25, 0.3) is 6.08 Å². The zero-order valence-corrected chi connectivity index (χ0v) is 23.8. The van der Waals surface area contributed by atoms with E-state index in [1.165, 1.54) is 29.9 Å². The van der Waals surface area contributed by atoms with Gasteiger partial charge in [-0.05, 0) is 48.1 Å². The van der Waals surface area contributed by atoms with Crippen LogP contribution in [-0.2, 0) is 9.53 Å². The number of carbonyl (C=O) groups excluding carboxylic acids is 1. The summed E-state index contributed by atoms with van der Waals surface area (Å²) in [5.74, 6) is -0.913. The van der Waals surface area contributed by atoms with E-state index in [1.807, 2.05) is 31.2 Å². The molecular formula is C29H31N3O7S. The van der Waals surface area contributed by atoms with Crippen molar-refractivity contribution in [1.29, 1.82) is 0 Å². The van der Waals surface area contributed by atoms with Crippen LogP contribution in [0.1, 0.15) is 69.2 Å². The summed E-state index contributed by atoms with van der Waals surface area (Å²) in [6.07, 6.45) is 2.73. The summed E-state index contributed by atoms with van der Waals surface area (Å²) in [5, 5.41) is 21.6. The van der Waals surface area contributed by atoms with Gasteiger partial charge in [0.1, 0.15) is 0 Å². The van der Waals surface area contributed by atoms with Gasteiger partial charge in [0.25, 0.3) is 5.56 Å². The molecule has 1 atom stereocenters. The summed E-state index contributed by atoms with van der Waals surface area (Å²) in [4.78, 5) is 43.1. The van der Waals surface area contributed by atoms with Crippen LogP contribution in [0.3, 0.4) is 0 Å². The molecule has 0 spiro atoms. The molecule has 2 heterocycles. The minimum Gasteiger partial charge on any atom is -0.500 e. The number of allylic oxidation sites excluding steroid dienone is 1. The summed E-state index contributed by atoms with van der Waals surface area (Å²) in [7, 11) is 1.28. The summed E-state index contributed by atoms with van der Waals surface area (Å²) in [6.45, 7) is 8.06. The fraction of sp³-hybridized carbons (Fsp3) is 0.345. The predicted molar refractivity (Wildman–Crippen MR) is 151 cm³/mol. The van der Waals surface area contributed by atoms with Crippen molar-refractivity contribution in [3.8, 4) is 11.5 Å². The van der Waals surface area contributed by atoms with E-state index < -0.39 is 33.9 Å². The van der Waals surface area contributed by atoms with Crippen molar-refractivity contribution < 1.29 is 24.3 Å². The highest BCUT2D eigenvalue weighted by Crippen LogP contribution is 2.37. The molecular weight excluding hydrogens is 534 g/mol. The lowest BCUT2D eigenvalue weighted by Gasteiger charge is -2.26. The standard InChI is InChI=1S/C29H31N3O7S/c1-6-8-20-24(28(35)39-7-2)25(19-11-9-18(10-12-19)16(3)4)31-27(34)23(40-29(31)30-20)15-17-13-21(32(36)37)26(33)22(14-17)38-5/h9-16,25,33H,6-8H2,1-5H3/b23-15-/t25-/m0/s1. The molecule has 0 radical (unpaired) electrons. The first kappa shape index (κ1) is 28.8. The van der Waals surface area contributed by atoms with Crippen molar-refractivity contribution >= 4 is 29.1 Å². The zero-order valence-electron chi connectivity index (χ0n) is 23.0. The van der Waals surface area contributed by atoms with Crippen LogP contribution >= 0.6 is 11.3 Å². The number of aromatic nitrogens is 1. The smallest absolute Gasteiger partial charge is 0.338 e. The molecule has 210 valence electrons. The van der Waals surface area contributed by atoms with Crippen LogP contribution in [-0.4, -0.2) is 34.3 Å². The maximum atomic E-state index is 13.9. The average Bonchev–Trinajstić information content (AvgIpc) is 3.23. The van der Waals surface area contributed by atoms with E-state index in [1.54, 1.807) is 6.92 Å². The molecule has 1 aliphatic heterocycles. The number of hydrogen-bond acceptors (Lipinski definition) is 9. The molecule has 0 saturated carbocycles. The number of phenols is 1. The van der Waals surface area contributed by atoms with Gasteiger partial charge in [-0.3, -0.25) is 19.5 Å². The zero-order chi connectivity index (χ0) is 29.1. The molecule has 40 heavy (non-hydrogen) atoms. The number of carbonyl (C=O) groups is 1. The maximum absolute atomic E-state index is 13.9. The lowest BCUT2D eigenvalue weighted by molar-refractivity contribution is -0.386. The first-order valence-electron chi connectivity index (χ1n) is 13.0. The van der Waals surface area contributed by atoms with Crippen molar-refractivity contribution in [2.45, 2.75) is 52.5 Å². The summed E-state index contributed by atoms with van der Waals surface area (Å²) < 4.78 is 12.3. The minimum atomic E-state index is -0.760. The molecule has 11 heteroatoms. The van der Waals surface area contributed by atoms with Crippen LogP contribution in [0.2, 0.25) is 0 Å². The second-order valence-corrected chi connectivity index (χ2v) is 10.6. The third kappa shape index (κ3) is 5.42. The van der Waals surface area contributed by atoms with Gasteiger partial charge in [-0.25, -0.2) is 9.79 Å². The molecule has 0 fully saturated rings. The van der Waals surface area contributed by atoms with E-state index >= 15 is 0 Å². The quantitative estimate of drug-likeness (QED) is 0.232. The molecule has 0 aliphatic carbocycles. The van der Waals surface area contributed by atoms with E-state index in [0.717, 1.165) is 28.9 Å². The molecule has 1 aliphatic rings. The van der Waals surface area contributed by atoms with Gasteiger partial charge in [0.2, 0.25) is 5.75 Å². The number of nitro groups is 1. The van der Waals surface area contributed by atoms with Gasteiger partial charge >= 0.3 is 11.7 Å². The van der Waals surface area contributed by atoms with Gasteiger partial charge in [-0.1, -0.05) is 62.8 Å². The molecule has 4 rings (SSSR count). The molecule has 10 nitrogen and oxygen atoms in total. The van der Waals surface area contributed by atoms with E-state index in [9.17, 15) is 24.8 Å². The molecule has 0 saturated heterocycles. The molecule has 0 bridgehead atoms. The second-order valence-electron chi connectivity index (χ2n) is 9.58. The molecule has 1 N–H and O–H groups in total. The Kier molecular flexibility index (Phi) is 8.53. The maximum Gasteiger partial charge on any atom is 0.338 e. The van der Waals surface area contributed by atoms with Gasteiger partial charge < -0.3 is 14.6 Å². The normalized spacial score (nSPS) is 15.2.